The number of amides is 1. The first-order chi connectivity index (χ1) is 9.34. The van der Waals surface area contributed by atoms with Gasteiger partial charge in [-0.05, 0) is 25.7 Å². The lowest BCUT2D eigenvalue weighted by Gasteiger charge is -2.26. The normalized spacial score (nSPS) is 17.4. The Balaban J connectivity index is 1.72. The molecule has 1 N–H and O–H groups in total. The van der Waals surface area contributed by atoms with E-state index in [1.54, 1.807) is 12.4 Å². The lowest BCUT2D eigenvalue weighted by Crippen LogP contribution is -2.35. The number of aryl methyl sites for hydroxylation is 2. The van der Waals surface area contributed by atoms with Crippen molar-refractivity contribution in [1.29, 1.82) is 0 Å². The number of nitrogens with one attached hydrogen (secondary N) is 1. The number of hydrogen-bond donors (Lipinski definition) is 1. The van der Waals surface area contributed by atoms with Crippen LogP contribution >= 0.6 is 0 Å². The Hall–Kier alpha value is -2.11. The summed E-state index contributed by atoms with van der Waals surface area (Å²) in [4.78, 5) is 14.5. The molecular formula is C13H15N5O. The van der Waals surface area contributed by atoms with E-state index in [1.165, 1.54) is 0 Å². The van der Waals surface area contributed by atoms with Gasteiger partial charge in [0, 0.05) is 13.1 Å². The van der Waals surface area contributed by atoms with Crippen LogP contribution in [0.1, 0.15) is 34.6 Å². The van der Waals surface area contributed by atoms with Gasteiger partial charge in [0.05, 0.1) is 35.0 Å². The average Bonchev–Trinajstić information content (AvgIpc) is 3.12. The fourth-order valence-electron chi connectivity index (χ4n) is 3.06. The molecule has 0 spiro atoms. The maximum atomic E-state index is 12.7. The summed E-state index contributed by atoms with van der Waals surface area (Å²) in [5.74, 6) is 0.0606. The first-order valence-electron chi connectivity index (χ1n) is 6.73. The van der Waals surface area contributed by atoms with Gasteiger partial charge in [0.2, 0.25) is 0 Å². The van der Waals surface area contributed by atoms with E-state index < -0.39 is 0 Å². The van der Waals surface area contributed by atoms with Crippen molar-refractivity contribution in [3.8, 4) is 0 Å². The molecule has 0 aromatic carbocycles. The van der Waals surface area contributed by atoms with E-state index in [2.05, 4.69) is 15.3 Å². The number of fused-ring (bicyclic) bond motifs is 2. The molecule has 2 aliphatic heterocycles. The Morgan fingerprint density at radius 3 is 3.05 bits per heavy atom. The number of anilines is 1. The highest BCUT2D eigenvalue weighted by Gasteiger charge is 2.29. The van der Waals surface area contributed by atoms with Gasteiger partial charge in [-0.25, -0.2) is 0 Å². The predicted octanol–water partition coefficient (Wildman–Crippen LogP) is 1.15. The molecule has 0 saturated carbocycles. The molecule has 98 valence electrons. The molecule has 2 aromatic heterocycles. The maximum Gasteiger partial charge on any atom is 0.261 e. The second-order valence-corrected chi connectivity index (χ2v) is 5.13. The van der Waals surface area contributed by atoms with Crippen LogP contribution in [0.25, 0.3) is 0 Å². The highest BCUT2D eigenvalue weighted by molar-refractivity contribution is 6.07. The predicted molar refractivity (Wildman–Crippen MR) is 69.1 cm³/mol. The molecule has 2 aromatic rings. The van der Waals surface area contributed by atoms with E-state index in [0.717, 1.165) is 61.4 Å². The van der Waals surface area contributed by atoms with Gasteiger partial charge in [-0.3, -0.25) is 14.6 Å². The molecule has 0 unspecified atom stereocenters. The number of hydrogen-bond acceptors (Lipinski definition) is 3. The standard InChI is InChI=1S/C13H15N5O/c19-13(9-7-15-18-6-2-4-11(9)18)17-5-1-3-10-12(17)8-14-16-10/h7-8H,1-6H2,(H,14,16). The fraction of sp³-hybridized carbons (Fsp3) is 0.462. The van der Waals surface area contributed by atoms with E-state index in [-0.39, 0.29) is 5.91 Å². The number of rotatable bonds is 1. The molecule has 0 bridgehead atoms. The van der Waals surface area contributed by atoms with Crippen molar-refractivity contribution in [3.63, 3.8) is 0 Å². The molecule has 0 aliphatic carbocycles. The fourth-order valence-corrected chi connectivity index (χ4v) is 3.06. The third-order valence-electron chi connectivity index (χ3n) is 4.00. The van der Waals surface area contributed by atoms with E-state index in [0.29, 0.717) is 0 Å². The largest absolute Gasteiger partial charge is 0.305 e. The highest BCUT2D eigenvalue weighted by atomic mass is 16.2. The van der Waals surface area contributed by atoms with Gasteiger partial charge < -0.3 is 4.90 Å². The number of nitrogens with zero attached hydrogens (tertiary/aromatic N) is 4. The molecule has 19 heavy (non-hydrogen) atoms. The molecule has 6 heteroatoms. The van der Waals surface area contributed by atoms with E-state index in [1.807, 2.05) is 9.58 Å². The summed E-state index contributed by atoms with van der Waals surface area (Å²) < 4.78 is 1.95. The minimum atomic E-state index is 0.0606. The van der Waals surface area contributed by atoms with Crippen LogP contribution in [0, 0.1) is 0 Å². The number of aromatic nitrogens is 4. The first-order valence-corrected chi connectivity index (χ1v) is 6.73. The van der Waals surface area contributed by atoms with E-state index >= 15 is 0 Å². The monoisotopic (exact) mass is 257 g/mol. The summed E-state index contributed by atoms with van der Waals surface area (Å²) in [5, 5.41) is 11.3. The van der Waals surface area contributed by atoms with Gasteiger partial charge in [-0.15, -0.1) is 0 Å². The van der Waals surface area contributed by atoms with Crippen LogP contribution in [0.4, 0.5) is 5.69 Å². The van der Waals surface area contributed by atoms with Gasteiger partial charge in [0.25, 0.3) is 5.91 Å². The Morgan fingerprint density at radius 2 is 2.11 bits per heavy atom. The smallest absolute Gasteiger partial charge is 0.261 e. The van der Waals surface area contributed by atoms with Gasteiger partial charge in [-0.2, -0.15) is 10.2 Å². The zero-order valence-corrected chi connectivity index (χ0v) is 10.6. The number of aromatic amines is 1. The Labute approximate surface area is 110 Å². The van der Waals surface area contributed by atoms with Crippen LogP contribution in [0.2, 0.25) is 0 Å². The summed E-state index contributed by atoms with van der Waals surface area (Å²) in [6.07, 6.45) is 7.44. The summed E-state index contributed by atoms with van der Waals surface area (Å²) >= 11 is 0. The molecule has 2 aliphatic rings. The van der Waals surface area contributed by atoms with Gasteiger partial charge in [0.1, 0.15) is 0 Å². The summed E-state index contributed by atoms with van der Waals surface area (Å²) in [5.41, 5.74) is 3.82. The molecule has 0 radical (unpaired) electrons. The van der Waals surface area contributed by atoms with Gasteiger partial charge in [-0.1, -0.05) is 0 Å². The molecular weight excluding hydrogens is 242 g/mol. The topological polar surface area (TPSA) is 66.8 Å². The van der Waals surface area contributed by atoms with E-state index in [4.69, 9.17) is 0 Å². The lowest BCUT2D eigenvalue weighted by atomic mass is 10.1. The molecule has 4 heterocycles. The Kier molecular flexibility index (Phi) is 2.24. The van der Waals surface area contributed by atoms with Crippen molar-refractivity contribution in [3.05, 3.63) is 29.3 Å². The van der Waals surface area contributed by atoms with Crippen LogP contribution in [0.3, 0.4) is 0 Å². The van der Waals surface area contributed by atoms with Crippen molar-refractivity contribution in [2.24, 2.45) is 0 Å². The number of carbonyl (C=O) groups is 1. The first kappa shape index (κ1) is 10.8. The second-order valence-electron chi connectivity index (χ2n) is 5.13. The third kappa shape index (κ3) is 1.52. The minimum absolute atomic E-state index is 0.0606. The Bertz CT molecular complexity index is 641. The summed E-state index contributed by atoms with van der Waals surface area (Å²) in [6.45, 7) is 1.69. The average molecular weight is 257 g/mol. The van der Waals surface area contributed by atoms with Crippen LogP contribution in [0.15, 0.2) is 12.4 Å². The second kappa shape index (κ2) is 3.94. The molecule has 6 nitrogen and oxygen atoms in total. The minimum Gasteiger partial charge on any atom is -0.305 e. The number of H-pyrrole nitrogens is 1. The van der Waals surface area contributed by atoms with Crippen molar-refractivity contribution >= 4 is 11.6 Å². The van der Waals surface area contributed by atoms with Crippen LogP contribution in [-0.2, 0) is 19.4 Å². The molecule has 0 fully saturated rings. The van der Waals surface area contributed by atoms with Gasteiger partial charge in [0.15, 0.2) is 0 Å². The Morgan fingerprint density at radius 1 is 1.21 bits per heavy atom. The molecule has 4 rings (SSSR count). The van der Waals surface area contributed by atoms with Crippen molar-refractivity contribution in [2.75, 3.05) is 11.4 Å². The highest BCUT2D eigenvalue weighted by Crippen LogP contribution is 2.28. The summed E-state index contributed by atoms with van der Waals surface area (Å²) in [6, 6.07) is 0. The third-order valence-corrected chi connectivity index (χ3v) is 4.00. The van der Waals surface area contributed by atoms with Crippen LogP contribution < -0.4 is 4.90 Å². The van der Waals surface area contributed by atoms with Crippen molar-refractivity contribution < 1.29 is 4.79 Å². The maximum absolute atomic E-state index is 12.7. The quantitative estimate of drug-likeness (QED) is 0.833. The van der Waals surface area contributed by atoms with Gasteiger partial charge >= 0.3 is 0 Å². The van der Waals surface area contributed by atoms with Crippen molar-refractivity contribution in [2.45, 2.75) is 32.2 Å². The van der Waals surface area contributed by atoms with E-state index in [9.17, 15) is 4.79 Å². The van der Waals surface area contributed by atoms with Crippen LogP contribution in [0.5, 0.6) is 0 Å². The lowest BCUT2D eigenvalue weighted by molar-refractivity contribution is 0.0984. The molecule has 0 saturated heterocycles. The SMILES string of the molecule is O=C(c1cnn2c1CCC2)N1CCCc2[nH]ncc21. The summed E-state index contributed by atoms with van der Waals surface area (Å²) in [7, 11) is 0. The number of carbonyl (C=O) groups excluding carboxylic acids is 1. The molecule has 0 atom stereocenters. The molecule has 1 amide bonds. The zero-order valence-electron chi connectivity index (χ0n) is 10.6. The van der Waals surface area contributed by atoms with Crippen molar-refractivity contribution in [1.82, 2.24) is 20.0 Å². The zero-order chi connectivity index (χ0) is 12.8. The van der Waals surface area contributed by atoms with Crippen LogP contribution in [-0.4, -0.2) is 32.4 Å².